The van der Waals surface area contributed by atoms with E-state index in [0.717, 1.165) is 12.0 Å². The van der Waals surface area contributed by atoms with Crippen LogP contribution >= 0.6 is 0 Å². The molecule has 19 heavy (non-hydrogen) atoms. The molecule has 0 aliphatic heterocycles. The molecule has 1 aliphatic carbocycles. The Morgan fingerprint density at radius 3 is 3.11 bits per heavy atom. The minimum atomic E-state index is 0.00000142. The third kappa shape index (κ3) is 3.84. The Morgan fingerprint density at radius 2 is 2.37 bits per heavy atom. The lowest BCUT2D eigenvalue weighted by Crippen LogP contribution is -2.26. The third-order valence-corrected chi connectivity index (χ3v) is 3.36. The van der Waals surface area contributed by atoms with Crippen LogP contribution in [0, 0.1) is 17.8 Å². The molecule has 0 saturated heterocycles. The van der Waals surface area contributed by atoms with Gasteiger partial charge in [0.15, 0.2) is 0 Å². The zero-order chi connectivity index (χ0) is 13.7. The number of nitrogens with two attached hydrogens (primary N) is 1. The molecular weight excluding hydrogens is 236 g/mol. The molecular formula is C16H20N2O. The number of nitrogens with one attached hydrogen (secondary N) is 1. The van der Waals surface area contributed by atoms with Crippen molar-refractivity contribution < 1.29 is 4.79 Å². The topological polar surface area (TPSA) is 55.1 Å². The van der Waals surface area contributed by atoms with E-state index in [1.165, 1.54) is 12.8 Å². The summed E-state index contributed by atoms with van der Waals surface area (Å²) in [5.74, 6) is 6.41. The Balaban J connectivity index is 1.96. The van der Waals surface area contributed by atoms with Crippen molar-refractivity contribution >= 4 is 5.91 Å². The molecule has 100 valence electrons. The van der Waals surface area contributed by atoms with Gasteiger partial charge in [0.05, 0.1) is 6.54 Å². The second-order valence-corrected chi connectivity index (χ2v) is 4.95. The summed E-state index contributed by atoms with van der Waals surface area (Å²) in [6.07, 6.45) is 3.50. The highest BCUT2D eigenvalue weighted by atomic mass is 16.1. The van der Waals surface area contributed by atoms with Gasteiger partial charge in [0.2, 0.25) is 0 Å². The lowest BCUT2D eigenvalue weighted by Gasteiger charge is -2.05. The fourth-order valence-corrected chi connectivity index (χ4v) is 2.26. The quantitative estimate of drug-likeness (QED) is 0.809. The van der Waals surface area contributed by atoms with E-state index in [-0.39, 0.29) is 5.91 Å². The van der Waals surface area contributed by atoms with Crippen molar-refractivity contribution in [3.05, 3.63) is 35.4 Å². The van der Waals surface area contributed by atoms with E-state index >= 15 is 0 Å². The lowest BCUT2D eigenvalue weighted by atomic mass is 10.1. The van der Waals surface area contributed by atoms with Crippen LogP contribution in [0.3, 0.4) is 0 Å². The van der Waals surface area contributed by atoms with Gasteiger partial charge in [0.25, 0.3) is 5.91 Å². The van der Waals surface area contributed by atoms with Crippen LogP contribution in [-0.2, 0) is 0 Å². The monoisotopic (exact) mass is 256 g/mol. The van der Waals surface area contributed by atoms with Gasteiger partial charge in [-0.1, -0.05) is 31.3 Å². The van der Waals surface area contributed by atoms with Crippen molar-refractivity contribution in [3.8, 4) is 11.8 Å². The van der Waals surface area contributed by atoms with E-state index in [0.29, 0.717) is 24.1 Å². The highest BCUT2D eigenvalue weighted by Gasteiger charge is 2.37. The fraction of sp³-hybridized carbons (Fsp3) is 0.438. The summed E-state index contributed by atoms with van der Waals surface area (Å²) in [5.41, 5.74) is 6.84. The first-order valence-electron chi connectivity index (χ1n) is 6.84. The summed E-state index contributed by atoms with van der Waals surface area (Å²) in [6.45, 7) is 2.51. The number of hydrogen-bond donors (Lipinski definition) is 2. The Morgan fingerprint density at radius 1 is 1.53 bits per heavy atom. The molecule has 0 heterocycles. The van der Waals surface area contributed by atoms with E-state index in [4.69, 9.17) is 5.73 Å². The van der Waals surface area contributed by atoms with Gasteiger partial charge in [-0.3, -0.25) is 4.79 Å². The first-order chi connectivity index (χ1) is 9.24. The minimum absolute atomic E-state index is 0.00000142. The van der Waals surface area contributed by atoms with Crippen molar-refractivity contribution in [1.82, 2.24) is 5.32 Å². The molecule has 3 N–H and O–H groups in total. The van der Waals surface area contributed by atoms with Crippen molar-refractivity contribution in [3.63, 3.8) is 0 Å². The molecule has 1 fully saturated rings. The van der Waals surface area contributed by atoms with E-state index in [2.05, 4.69) is 24.1 Å². The highest BCUT2D eigenvalue weighted by molar-refractivity contribution is 5.94. The maximum Gasteiger partial charge on any atom is 0.251 e. The molecule has 0 aromatic heterocycles. The number of carbonyl (C=O) groups excluding carboxylic acids is 1. The molecule has 1 amide bonds. The Labute approximate surface area is 114 Å². The van der Waals surface area contributed by atoms with Gasteiger partial charge in [-0.25, -0.2) is 0 Å². The zero-order valence-corrected chi connectivity index (χ0v) is 11.3. The SMILES string of the molecule is CCCC1CC1NC(=O)c1cccc(C#CCN)c1. The summed E-state index contributed by atoms with van der Waals surface area (Å²) in [5, 5.41) is 3.08. The summed E-state index contributed by atoms with van der Waals surface area (Å²) >= 11 is 0. The molecule has 1 aromatic rings. The number of rotatable bonds is 4. The van der Waals surface area contributed by atoms with Gasteiger partial charge in [-0.05, 0) is 37.0 Å². The summed E-state index contributed by atoms with van der Waals surface area (Å²) in [6, 6.07) is 7.74. The van der Waals surface area contributed by atoms with Crippen LogP contribution in [-0.4, -0.2) is 18.5 Å². The Hall–Kier alpha value is -1.79. The first kappa shape index (κ1) is 13.6. The summed E-state index contributed by atoms with van der Waals surface area (Å²) in [4.78, 5) is 12.1. The van der Waals surface area contributed by atoms with E-state index in [1.807, 2.05) is 24.3 Å². The molecule has 1 aliphatic rings. The summed E-state index contributed by atoms with van der Waals surface area (Å²) in [7, 11) is 0. The molecule has 1 aromatic carbocycles. The van der Waals surface area contributed by atoms with Gasteiger partial charge in [-0.2, -0.15) is 0 Å². The van der Waals surface area contributed by atoms with E-state index in [1.54, 1.807) is 0 Å². The van der Waals surface area contributed by atoms with Crippen LogP contribution in [0.25, 0.3) is 0 Å². The molecule has 0 bridgehead atoms. The van der Waals surface area contributed by atoms with Crippen LogP contribution in [0.15, 0.2) is 24.3 Å². The zero-order valence-electron chi connectivity index (χ0n) is 11.3. The average molecular weight is 256 g/mol. The first-order valence-corrected chi connectivity index (χ1v) is 6.84. The van der Waals surface area contributed by atoms with Crippen LogP contribution in [0.2, 0.25) is 0 Å². The van der Waals surface area contributed by atoms with Gasteiger partial charge in [0, 0.05) is 17.2 Å². The molecule has 0 spiro atoms. The van der Waals surface area contributed by atoms with E-state index < -0.39 is 0 Å². The molecule has 3 heteroatoms. The average Bonchev–Trinajstić information content (AvgIpc) is 3.15. The highest BCUT2D eigenvalue weighted by Crippen LogP contribution is 2.34. The Kier molecular flexibility index (Phi) is 4.59. The lowest BCUT2D eigenvalue weighted by molar-refractivity contribution is 0.0949. The molecule has 2 atom stereocenters. The fourth-order valence-electron chi connectivity index (χ4n) is 2.26. The van der Waals surface area contributed by atoms with Gasteiger partial charge in [0.1, 0.15) is 0 Å². The maximum absolute atomic E-state index is 12.1. The molecule has 3 nitrogen and oxygen atoms in total. The number of benzene rings is 1. The second-order valence-electron chi connectivity index (χ2n) is 4.95. The van der Waals surface area contributed by atoms with Crippen LogP contribution in [0.1, 0.15) is 42.1 Å². The molecule has 2 rings (SSSR count). The molecule has 0 radical (unpaired) electrons. The maximum atomic E-state index is 12.1. The smallest absolute Gasteiger partial charge is 0.251 e. The molecule has 1 saturated carbocycles. The molecule has 2 unspecified atom stereocenters. The largest absolute Gasteiger partial charge is 0.349 e. The number of amides is 1. The normalized spacial score (nSPS) is 20.3. The van der Waals surface area contributed by atoms with Crippen molar-refractivity contribution in [1.29, 1.82) is 0 Å². The number of carbonyl (C=O) groups is 1. The third-order valence-electron chi connectivity index (χ3n) is 3.36. The van der Waals surface area contributed by atoms with Crippen LogP contribution < -0.4 is 11.1 Å². The summed E-state index contributed by atoms with van der Waals surface area (Å²) < 4.78 is 0. The van der Waals surface area contributed by atoms with Crippen molar-refractivity contribution in [2.45, 2.75) is 32.2 Å². The second kappa shape index (κ2) is 6.40. The predicted octanol–water partition coefficient (Wildman–Crippen LogP) is 1.92. The predicted molar refractivity (Wildman–Crippen MR) is 76.6 cm³/mol. The standard InChI is InChI=1S/C16H20N2O/c1-2-5-13-11-15(13)18-16(19)14-8-3-6-12(10-14)7-4-9-17/h3,6,8,10,13,15H,2,5,9,11,17H2,1H3,(H,18,19). The van der Waals surface area contributed by atoms with Gasteiger partial charge in [-0.15, -0.1) is 0 Å². The van der Waals surface area contributed by atoms with Crippen molar-refractivity contribution in [2.24, 2.45) is 11.7 Å². The Bertz CT molecular complexity index is 513. The minimum Gasteiger partial charge on any atom is -0.349 e. The van der Waals surface area contributed by atoms with Gasteiger partial charge < -0.3 is 11.1 Å². The van der Waals surface area contributed by atoms with Crippen LogP contribution in [0.4, 0.5) is 0 Å². The number of hydrogen-bond acceptors (Lipinski definition) is 2. The van der Waals surface area contributed by atoms with E-state index in [9.17, 15) is 4.79 Å². The van der Waals surface area contributed by atoms with Gasteiger partial charge >= 0.3 is 0 Å². The van der Waals surface area contributed by atoms with Crippen LogP contribution in [0.5, 0.6) is 0 Å². The van der Waals surface area contributed by atoms with Crippen molar-refractivity contribution in [2.75, 3.05) is 6.54 Å².